The van der Waals surface area contributed by atoms with Gasteiger partial charge < -0.3 is 14.7 Å². The van der Waals surface area contributed by atoms with E-state index in [1.165, 1.54) is 0 Å². The summed E-state index contributed by atoms with van der Waals surface area (Å²) in [6, 6.07) is 25.0. The summed E-state index contributed by atoms with van der Waals surface area (Å²) in [7, 11) is 1.62. The van der Waals surface area contributed by atoms with E-state index in [4.69, 9.17) is 10.00 Å². The molecule has 7 nitrogen and oxygen atoms in total. The Balaban J connectivity index is 1.73. The molecule has 0 spiro atoms. The number of aryl methyl sites for hydroxylation is 1. The van der Waals surface area contributed by atoms with E-state index in [1.54, 1.807) is 26.2 Å². The fraction of sp³-hybridized carbons (Fsp3) is 0.115. The normalized spacial score (nSPS) is 10.5. The zero-order chi connectivity index (χ0) is 23.4. The van der Waals surface area contributed by atoms with Gasteiger partial charge in [-0.2, -0.15) is 10.4 Å². The third-order valence-electron chi connectivity index (χ3n) is 5.41. The monoisotopic (exact) mass is 438 g/mol. The standard InChI is InChI=1S/C26H22N4O3/c1-17-25(24(26(31)32)29-28-17)30(16-19-5-13-23(33-2)14-6-19)22-11-9-21(10-12-22)20-7-3-18(15-27)4-8-20/h3-14H,16H2,1-2H3,(H,28,29)(H,31,32). The van der Waals surface area contributed by atoms with E-state index in [-0.39, 0.29) is 5.69 Å². The Morgan fingerprint density at radius 2 is 1.64 bits per heavy atom. The summed E-state index contributed by atoms with van der Waals surface area (Å²) in [6.45, 7) is 2.25. The predicted molar refractivity (Wildman–Crippen MR) is 126 cm³/mol. The Bertz CT molecular complexity index is 1300. The summed E-state index contributed by atoms with van der Waals surface area (Å²) < 4.78 is 5.25. The highest BCUT2D eigenvalue weighted by atomic mass is 16.5. The van der Waals surface area contributed by atoms with Crippen LogP contribution in [0.15, 0.2) is 72.8 Å². The molecule has 1 aromatic heterocycles. The van der Waals surface area contributed by atoms with Crippen molar-refractivity contribution in [1.29, 1.82) is 5.26 Å². The van der Waals surface area contributed by atoms with Crippen LogP contribution in [0.3, 0.4) is 0 Å². The van der Waals surface area contributed by atoms with Crippen LogP contribution >= 0.6 is 0 Å². The number of hydrogen-bond acceptors (Lipinski definition) is 5. The minimum absolute atomic E-state index is 0.0304. The number of benzene rings is 3. The molecule has 0 unspecified atom stereocenters. The number of aromatic amines is 1. The molecule has 0 saturated carbocycles. The van der Waals surface area contributed by atoms with Gasteiger partial charge in [-0.25, -0.2) is 4.79 Å². The maximum Gasteiger partial charge on any atom is 0.358 e. The number of ether oxygens (including phenoxy) is 1. The highest BCUT2D eigenvalue weighted by Gasteiger charge is 2.24. The Morgan fingerprint density at radius 1 is 1.03 bits per heavy atom. The minimum Gasteiger partial charge on any atom is -0.497 e. The molecule has 0 fully saturated rings. The van der Waals surface area contributed by atoms with E-state index in [2.05, 4.69) is 16.3 Å². The molecule has 0 radical (unpaired) electrons. The maximum absolute atomic E-state index is 11.8. The summed E-state index contributed by atoms with van der Waals surface area (Å²) in [5.74, 6) is -0.342. The summed E-state index contributed by atoms with van der Waals surface area (Å²) in [5.41, 5.74) is 5.57. The number of nitrogens with zero attached hydrogens (tertiary/aromatic N) is 3. The Hall–Kier alpha value is -4.57. The number of hydrogen-bond donors (Lipinski definition) is 2. The van der Waals surface area contributed by atoms with Crippen molar-refractivity contribution >= 4 is 17.3 Å². The summed E-state index contributed by atoms with van der Waals surface area (Å²) in [6.07, 6.45) is 0. The third-order valence-corrected chi connectivity index (χ3v) is 5.41. The number of aromatic carboxylic acids is 1. The van der Waals surface area contributed by atoms with Crippen LogP contribution in [0.5, 0.6) is 5.75 Å². The maximum atomic E-state index is 11.8. The third kappa shape index (κ3) is 4.55. The van der Waals surface area contributed by atoms with E-state index in [0.717, 1.165) is 28.1 Å². The number of H-pyrrole nitrogens is 1. The van der Waals surface area contributed by atoms with Crippen molar-refractivity contribution in [3.05, 3.63) is 95.3 Å². The lowest BCUT2D eigenvalue weighted by atomic mass is 10.0. The van der Waals surface area contributed by atoms with E-state index >= 15 is 0 Å². The fourth-order valence-electron chi connectivity index (χ4n) is 3.69. The zero-order valence-corrected chi connectivity index (χ0v) is 18.2. The molecule has 0 aliphatic carbocycles. The molecule has 0 bridgehead atoms. The molecule has 0 atom stereocenters. The van der Waals surface area contributed by atoms with Gasteiger partial charge in [-0.1, -0.05) is 36.4 Å². The molecule has 3 aromatic carbocycles. The van der Waals surface area contributed by atoms with Gasteiger partial charge in [0.2, 0.25) is 0 Å². The number of rotatable bonds is 7. The van der Waals surface area contributed by atoms with Gasteiger partial charge in [0, 0.05) is 12.2 Å². The van der Waals surface area contributed by atoms with Crippen LogP contribution in [0.25, 0.3) is 11.1 Å². The molecular weight excluding hydrogens is 416 g/mol. The molecule has 0 aliphatic rings. The molecule has 7 heteroatoms. The van der Waals surface area contributed by atoms with Crippen molar-refractivity contribution in [3.63, 3.8) is 0 Å². The number of carboxylic acids is 1. The van der Waals surface area contributed by atoms with Crippen molar-refractivity contribution in [2.24, 2.45) is 0 Å². The first-order chi connectivity index (χ1) is 16.0. The first-order valence-electron chi connectivity index (χ1n) is 10.3. The van der Waals surface area contributed by atoms with Crippen LogP contribution in [-0.2, 0) is 6.54 Å². The van der Waals surface area contributed by atoms with Crippen LogP contribution in [0, 0.1) is 18.3 Å². The second-order valence-corrected chi connectivity index (χ2v) is 7.52. The van der Waals surface area contributed by atoms with Gasteiger partial charge in [0.05, 0.1) is 30.1 Å². The van der Waals surface area contributed by atoms with Crippen molar-refractivity contribution in [2.45, 2.75) is 13.5 Å². The molecular formula is C26H22N4O3. The molecule has 164 valence electrons. The molecule has 0 saturated heterocycles. The van der Waals surface area contributed by atoms with Crippen molar-refractivity contribution in [3.8, 4) is 22.9 Å². The average Bonchev–Trinajstić information content (AvgIpc) is 3.24. The highest BCUT2D eigenvalue weighted by Crippen LogP contribution is 2.34. The lowest BCUT2D eigenvalue weighted by molar-refractivity contribution is 0.0691. The van der Waals surface area contributed by atoms with Gasteiger partial charge in [-0.3, -0.25) is 5.10 Å². The summed E-state index contributed by atoms with van der Waals surface area (Å²) >= 11 is 0. The van der Waals surface area contributed by atoms with Gasteiger partial charge in [0.1, 0.15) is 5.75 Å². The smallest absolute Gasteiger partial charge is 0.358 e. The quantitative estimate of drug-likeness (QED) is 0.406. The van der Waals surface area contributed by atoms with Gasteiger partial charge in [0.25, 0.3) is 0 Å². The van der Waals surface area contributed by atoms with Gasteiger partial charge >= 0.3 is 5.97 Å². The first-order valence-corrected chi connectivity index (χ1v) is 10.3. The topological polar surface area (TPSA) is 102 Å². The van der Waals surface area contributed by atoms with Crippen LogP contribution in [-0.4, -0.2) is 28.4 Å². The largest absolute Gasteiger partial charge is 0.497 e. The molecule has 2 N–H and O–H groups in total. The first kappa shape index (κ1) is 21.7. The lowest BCUT2D eigenvalue weighted by Crippen LogP contribution is -2.19. The second kappa shape index (κ2) is 9.28. The van der Waals surface area contributed by atoms with E-state index in [9.17, 15) is 9.90 Å². The van der Waals surface area contributed by atoms with Crippen LogP contribution < -0.4 is 9.64 Å². The number of nitrogens with one attached hydrogen (secondary N) is 1. The molecule has 4 aromatic rings. The summed E-state index contributed by atoms with van der Waals surface area (Å²) in [5, 5.41) is 25.5. The van der Waals surface area contributed by atoms with Gasteiger partial charge in [0.15, 0.2) is 5.69 Å². The predicted octanol–water partition coefficient (Wildman–Crippen LogP) is 5.30. The Labute approximate surface area is 191 Å². The molecule has 0 aliphatic heterocycles. The molecule has 4 rings (SSSR count). The van der Waals surface area contributed by atoms with Crippen LogP contribution in [0.1, 0.15) is 27.3 Å². The fourth-order valence-corrected chi connectivity index (χ4v) is 3.69. The van der Waals surface area contributed by atoms with E-state index in [1.807, 2.05) is 65.6 Å². The van der Waals surface area contributed by atoms with Crippen LogP contribution in [0.2, 0.25) is 0 Å². The lowest BCUT2D eigenvalue weighted by Gasteiger charge is -2.25. The van der Waals surface area contributed by atoms with Gasteiger partial charge in [-0.15, -0.1) is 0 Å². The number of nitriles is 1. The Morgan fingerprint density at radius 3 is 2.18 bits per heavy atom. The van der Waals surface area contributed by atoms with Crippen LogP contribution in [0.4, 0.5) is 11.4 Å². The van der Waals surface area contributed by atoms with Gasteiger partial charge in [-0.05, 0) is 60.0 Å². The Kier molecular flexibility index (Phi) is 6.09. The van der Waals surface area contributed by atoms with Crippen molar-refractivity contribution in [1.82, 2.24) is 10.2 Å². The SMILES string of the molecule is COc1ccc(CN(c2ccc(-c3ccc(C#N)cc3)cc2)c2c(C(=O)O)n[nH]c2C)cc1. The molecule has 1 heterocycles. The van der Waals surface area contributed by atoms with Crippen molar-refractivity contribution < 1.29 is 14.6 Å². The van der Waals surface area contributed by atoms with E-state index in [0.29, 0.717) is 23.5 Å². The van der Waals surface area contributed by atoms with E-state index < -0.39 is 5.97 Å². The highest BCUT2D eigenvalue weighted by molar-refractivity contribution is 5.94. The zero-order valence-electron chi connectivity index (χ0n) is 18.2. The number of carboxylic acid groups (broad SMARTS) is 1. The number of carbonyl (C=O) groups is 1. The average molecular weight is 438 g/mol. The van der Waals surface area contributed by atoms with Crippen molar-refractivity contribution in [2.75, 3.05) is 12.0 Å². The minimum atomic E-state index is -1.09. The molecule has 33 heavy (non-hydrogen) atoms. The molecule has 0 amide bonds. The number of methoxy groups -OCH3 is 1. The number of anilines is 2. The summed E-state index contributed by atoms with van der Waals surface area (Å²) in [4.78, 5) is 13.8. The number of aromatic nitrogens is 2. The second-order valence-electron chi connectivity index (χ2n) is 7.52.